The fourth-order valence-electron chi connectivity index (χ4n) is 2.22. The first-order chi connectivity index (χ1) is 12.2. The molecule has 0 saturated heterocycles. The highest BCUT2D eigenvalue weighted by Crippen LogP contribution is 2.29. The van der Waals surface area contributed by atoms with Crippen LogP contribution in [0, 0.1) is 0 Å². The van der Waals surface area contributed by atoms with Crippen molar-refractivity contribution in [3.8, 4) is 0 Å². The van der Waals surface area contributed by atoms with Crippen molar-refractivity contribution >= 4 is 17.5 Å². The number of anilines is 1. The van der Waals surface area contributed by atoms with Crippen molar-refractivity contribution in [1.82, 2.24) is 5.32 Å². The monoisotopic (exact) mass is 362 g/mol. The number of carbonyl (C=O) groups is 2. The summed E-state index contributed by atoms with van der Waals surface area (Å²) in [5.74, 6) is -0.739. The van der Waals surface area contributed by atoms with Gasteiger partial charge in [0.1, 0.15) is 0 Å². The molecule has 0 heterocycles. The molecule has 1 unspecified atom stereocenters. The van der Waals surface area contributed by atoms with Crippen LogP contribution in [0.25, 0.3) is 0 Å². The van der Waals surface area contributed by atoms with Crippen LogP contribution in [0.5, 0.6) is 0 Å². The third-order valence-electron chi connectivity index (χ3n) is 3.69. The Hall–Kier alpha value is -3.09. The normalized spacial score (nSPS) is 12.2. The van der Waals surface area contributed by atoms with Gasteiger partial charge in [-0.15, -0.1) is 0 Å². The van der Waals surface area contributed by atoms with E-state index in [0.717, 1.165) is 18.2 Å². The van der Waals surface area contributed by atoms with Gasteiger partial charge < -0.3 is 10.6 Å². The van der Waals surface area contributed by atoms with Crippen LogP contribution in [-0.4, -0.2) is 11.8 Å². The molecule has 4 nitrogen and oxygen atoms in total. The zero-order valence-electron chi connectivity index (χ0n) is 13.9. The minimum atomic E-state index is -4.40. The van der Waals surface area contributed by atoms with Gasteiger partial charge in [0.15, 0.2) is 0 Å². The zero-order valence-corrected chi connectivity index (χ0v) is 13.9. The molecule has 1 atom stereocenters. The van der Waals surface area contributed by atoms with Gasteiger partial charge in [-0.25, -0.2) is 0 Å². The fourth-order valence-corrected chi connectivity index (χ4v) is 2.22. The van der Waals surface area contributed by atoms with Crippen LogP contribution in [-0.2, 0) is 11.0 Å². The van der Waals surface area contributed by atoms with Gasteiger partial charge in [-0.3, -0.25) is 9.59 Å². The lowest BCUT2D eigenvalue weighted by Gasteiger charge is -2.15. The zero-order chi connectivity index (χ0) is 19.3. The molecule has 0 fully saturated rings. The molecular weight excluding hydrogens is 345 g/mol. The quantitative estimate of drug-likeness (QED) is 0.778. The van der Waals surface area contributed by atoms with Crippen LogP contribution >= 0.6 is 0 Å². The number of nitrogens with one attached hydrogen (secondary N) is 2. The number of hydrogen-bond acceptors (Lipinski definition) is 2. The first kappa shape index (κ1) is 19.2. The Morgan fingerprint density at radius 3 is 2.12 bits per heavy atom. The van der Waals surface area contributed by atoms with Gasteiger partial charge in [0.05, 0.1) is 11.6 Å². The van der Waals surface area contributed by atoms with Crippen molar-refractivity contribution in [3.63, 3.8) is 0 Å². The van der Waals surface area contributed by atoms with Crippen molar-refractivity contribution in [2.75, 3.05) is 5.32 Å². The molecule has 136 valence electrons. The Bertz CT molecular complexity index is 797. The van der Waals surface area contributed by atoms with E-state index in [1.807, 2.05) is 0 Å². The number of hydrogen-bond donors (Lipinski definition) is 2. The summed E-state index contributed by atoms with van der Waals surface area (Å²) in [4.78, 5) is 23.5. The smallest absolute Gasteiger partial charge is 0.346 e. The first-order valence-corrected chi connectivity index (χ1v) is 7.72. The van der Waals surface area contributed by atoms with Crippen LogP contribution in [0.3, 0.4) is 0 Å². The minimum absolute atomic E-state index is 0.361. The molecule has 0 radical (unpaired) electrons. The van der Waals surface area contributed by atoms with Crippen LogP contribution in [0.15, 0.2) is 61.2 Å². The molecule has 2 N–H and O–H groups in total. The standard InChI is InChI=1S/C19H17F3N2O2/c1-3-17(25)24-16-10-6-14(7-11-16)18(26)23-12(2)13-4-8-15(9-5-13)19(20,21)22/h3-12H,1H2,2H3,(H,23,26)(H,24,25). The summed E-state index contributed by atoms with van der Waals surface area (Å²) >= 11 is 0. The molecular formula is C19H17F3N2O2. The third kappa shape index (κ3) is 4.95. The number of carbonyl (C=O) groups excluding carboxylic acids is 2. The Morgan fingerprint density at radius 1 is 1.04 bits per heavy atom. The largest absolute Gasteiger partial charge is 0.416 e. The average molecular weight is 362 g/mol. The summed E-state index contributed by atoms with van der Waals surface area (Å²) in [6.07, 6.45) is -3.26. The predicted octanol–water partition coefficient (Wildman–Crippen LogP) is 4.32. The molecule has 0 bridgehead atoms. The maximum atomic E-state index is 12.6. The van der Waals surface area contributed by atoms with Crippen LogP contribution in [0.1, 0.15) is 34.5 Å². The minimum Gasteiger partial charge on any atom is -0.346 e. The number of alkyl halides is 3. The molecule has 2 aromatic rings. The van der Waals surface area contributed by atoms with Gasteiger partial charge in [0.25, 0.3) is 5.91 Å². The van der Waals surface area contributed by atoms with Crippen LogP contribution in [0.2, 0.25) is 0 Å². The molecule has 2 aromatic carbocycles. The Kier molecular flexibility index (Phi) is 5.82. The average Bonchev–Trinajstić information content (AvgIpc) is 2.61. The van der Waals surface area contributed by atoms with E-state index in [4.69, 9.17) is 0 Å². The number of benzene rings is 2. The summed E-state index contributed by atoms with van der Waals surface area (Å²) in [7, 11) is 0. The Labute approximate surface area is 148 Å². The molecule has 2 amide bonds. The van der Waals surface area contributed by atoms with Crippen molar-refractivity contribution < 1.29 is 22.8 Å². The molecule has 2 rings (SSSR count). The van der Waals surface area contributed by atoms with Gasteiger partial charge >= 0.3 is 6.18 Å². The number of halogens is 3. The first-order valence-electron chi connectivity index (χ1n) is 7.72. The van der Waals surface area contributed by atoms with E-state index in [2.05, 4.69) is 17.2 Å². The summed E-state index contributed by atoms with van der Waals surface area (Å²) < 4.78 is 37.8. The molecule has 0 aliphatic heterocycles. The summed E-state index contributed by atoms with van der Waals surface area (Å²) in [6.45, 7) is 5.02. The summed E-state index contributed by atoms with van der Waals surface area (Å²) in [6, 6.07) is 10.4. The van der Waals surface area contributed by atoms with E-state index in [1.165, 1.54) is 24.3 Å². The van der Waals surface area contributed by atoms with Crippen molar-refractivity contribution in [3.05, 3.63) is 77.9 Å². The summed E-state index contributed by atoms with van der Waals surface area (Å²) in [5, 5.41) is 5.28. The highest BCUT2D eigenvalue weighted by molar-refractivity contribution is 5.99. The molecule has 0 aliphatic carbocycles. The highest BCUT2D eigenvalue weighted by atomic mass is 19.4. The molecule has 0 saturated carbocycles. The maximum Gasteiger partial charge on any atom is 0.416 e. The van der Waals surface area contributed by atoms with Crippen LogP contribution < -0.4 is 10.6 Å². The molecule has 7 heteroatoms. The third-order valence-corrected chi connectivity index (χ3v) is 3.69. The Morgan fingerprint density at radius 2 is 1.62 bits per heavy atom. The second kappa shape index (κ2) is 7.86. The van der Waals surface area contributed by atoms with Crippen molar-refractivity contribution in [2.45, 2.75) is 19.1 Å². The lowest BCUT2D eigenvalue weighted by atomic mass is 10.1. The molecule has 0 aliphatic rings. The van der Waals surface area contributed by atoms with E-state index in [-0.39, 0.29) is 11.8 Å². The van der Waals surface area contributed by atoms with Crippen molar-refractivity contribution in [1.29, 1.82) is 0 Å². The van der Waals surface area contributed by atoms with Gasteiger partial charge in [-0.05, 0) is 55.0 Å². The topological polar surface area (TPSA) is 58.2 Å². The fraction of sp³-hybridized carbons (Fsp3) is 0.158. The molecule has 0 aromatic heterocycles. The van der Waals surface area contributed by atoms with Gasteiger partial charge in [-0.1, -0.05) is 18.7 Å². The molecule has 26 heavy (non-hydrogen) atoms. The Balaban J connectivity index is 2.02. The van der Waals surface area contributed by atoms with Crippen LogP contribution in [0.4, 0.5) is 18.9 Å². The van der Waals surface area contributed by atoms with Gasteiger partial charge in [-0.2, -0.15) is 13.2 Å². The second-order valence-electron chi connectivity index (χ2n) is 5.59. The van der Waals surface area contributed by atoms with E-state index in [1.54, 1.807) is 19.1 Å². The summed E-state index contributed by atoms with van der Waals surface area (Å²) in [5.41, 5.74) is 0.695. The highest BCUT2D eigenvalue weighted by Gasteiger charge is 2.30. The SMILES string of the molecule is C=CC(=O)Nc1ccc(C(=O)NC(C)c2ccc(C(F)(F)F)cc2)cc1. The lowest BCUT2D eigenvalue weighted by Crippen LogP contribution is -2.26. The predicted molar refractivity (Wildman–Crippen MR) is 92.6 cm³/mol. The van der Waals surface area contributed by atoms with E-state index < -0.39 is 17.8 Å². The number of amides is 2. The van der Waals surface area contributed by atoms with Gasteiger partial charge in [0, 0.05) is 11.3 Å². The van der Waals surface area contributed by atoms with Gasteiger partial charge in [0.2, 0.25) is 5.91 Å². The molecule has 0 spiro atoms. The lowest BCUT2D eigenvalue weighted by molar-refractivity contribution is -0.137. The van der Waals surface area contributed by atoms with E-state index >= 15 is 0 Å². The van der Waals surface area contributed by atoms with Crippen molar-refractivity contribution in [2.24, 2.45) is 0 Å². The van der Waals surface area contributed by atoms with E-state index in [9.17, 15) is 22.8 Å². The second-order valence-corrected chi connectivity index (χ2v) is 5.59. The van der Waals surface area contributed by atoms with E-state index in [0.29, 0.717) is 16.8 Å². The maximum absolute atomic E-state index is 12.6. The number of rotatable bonds is 5.